The van der Waals surface area contributed by atoms with Gasteiger partial charge >= 0.3 is 0 Å². The van der Waals surface area contributed by atoms with Crippen LogP contribution in [-0.4, -0.2) is 32.7 Å². The number of ether oxygens (including phenoxy) is 2. The number of carbonyl (C=O) groups is 1. The number of halogens is 1. The molecule has 166 valence electrons. The minimum atomic E-state index is -0.631. The molecular formula is C26H27ClN2O3. The summed E-state index contributed by atoms with van der Waals surface area (Å²) in [6, 6.07) is 21.9. The van der Waals surface area contributed by atoms with E-state index in [2.05, 4.69) is 5.32 Å². The second-order valence-electron chi connectivity index (χ2n) is 7.02. The third-order valence-electron chi connectivity index (χ3n) is 4.99. The molecule has 3 aromatic carbocycles. The Morgan fingerprint density at radius 2 is 1.75 bits per heavy atom. The topological polar surface area (TPSA) is 50.8 Å². The number of likely N-dealkylation sites (N-methyl/N-ethyl adjacent to an activating group) is 1. The van der Waals surface area contributed by atoms with Crippen molar-refractivity contribution in [3.05, 3.63) is 89.5 Å². The van der Waals surface area contributed by atoms with E-state index >= 15 is 0 Å². The van der Waals surface area contributed by atoms with E-state index in [0.29, 0.717) is 28.8 Å². The van der Waals surface area contributed by atoms with Crippen molar-refractivity contribution >= 4 is 35.0 Å². The van der Waals surface area contributed by atoms with Gasteiger partial charge in [0, 0.05) is 23.3 Å². The number of benzene rings is 3. The molecule has 0 heterocycles. The summed E-state index contributed by atoms with van der Waals surface area (Å²) in [6.07, 6.45) is 3.75. The van der Waals surface area contributed by atoms with Gasteiger partial charge < -0.3 is 19.7 Å². The van der Waals surface area contributed by atoms with Crippen molar-refractivity contribution in [2.75, 3.05) is 31.0 Å². The lowest BCUT2D eigenvalue weighted by Crippen LogP contribution is -2.42. The summed E-state index contributed by atoms with van der Waals surface area (Å²) < 4.78 is 10.8. The molecule has 0 saturated carbocycles. The summed E-state index contributed by atoms with van der Waals surface area (Å²) in [5.41, 5.74) is 2.48. The molecule has 0 radical (unpaired) electrons. The van der Waals surface area contributed by atoms with Crippen molar-refractivity contribution in [3.63, 3.8) is 0 Å². The van der Waals surface area contributed by atoms with E-state index in [1.807, 2.05) is 85.8 Å². The minimum Gasteiger partial charge on any atom is -0.497 e. The van der Waals surface area contributed by atoms with Crippen LogP contribution in [0.25, 0.3) is 6.08 Å². The Morgan fingerprint density at radius 3 is 2.38 bits per heavy atom. The SMILES string of the molecule is CCN(C(=O)[C@H](/C=C/c1ccc(Cl)cc1)Nc1ccc(OC)cc1OC)c1ccccc1. The highest BCUT2D eigenvalue weighted by atomic mass is 35.5. The van der Waals surface area contributed by atoms with Gasteiger partial charge in [-0.25, -0.2) is 0 Å². The van der Waals surface area contributed by atoms with Crippen LogP contribution in [0, 0.1) is 0 Å². The van der Waals surface area contributed by atoms with Crippen LogP contribution >= 0.6 is 11.6 Å². The smallest absolute Gasteiger partial charge is 0.253 e. The lowest BCUT2D eigenvalue weighted by Gasteiger charge is -2.26. The number of methoxy groups -OCH3 is 2. The van der Waals surface area contributed by atoms with E-state index in [1.165, 1.54) is 0 Å². The molecule has 0 spiro atoms. The van der Waals surface area contributed by atoms with Crippen LogP contribution in [0.2, 0.25) is 5.02 Å². The fourth-order valence-electron chi connectivity index (χ4n) is 3.30. The van der Waals surface area contributed by atoms with Crippen LogP contribution in [-0.2, 0) is 4.79 Å². The largest absolute Gasteiger partial charge is 0.497 e. The fourth-order valence-corrected chi connectivity index (χ4v) is 3.43. The van der Waals surface area contributed by atoms with Gasteiger partial charge in [-0.05, 0) is 48.9 Å². The fraction of sp³-hybridized carbons (Fsp3) is 0.192. The second kappa shape index (κ2) is 11.3. The first-order chi connectivity index (χ1) is 15.5. The summed E-state index contributed by atoms with van der Waals surface area (Å²) in [5.74, 6) is 1.18. The molecule has 0 fully saturated rings. The van der Waals surface area contributed by atoms with Gasteiger partial charge in [-0.2, -0.15) is 0 Å². The Balaban J connectivity index is 1.95. The van der Waals surface area contributed by atoms with Crippen molar-refractivity contribution in [1.29, 1.82) is 0 Å². The zero-order valence-electron chi connectivity index (χ0n) is 18.4. The average Bonchev–Trinajstić information content (AvgIpc) is 2.83. The van der Waals surface area contributed by atoms with Crippen molar-refractivity contribution in [2.24, 2.45) is 0 Å². The molecule has 0 aliphatic heterocycles. The molecule has 1 atom stereocenters. The van der Waals surface area contributed by atoms with E-state index < -0.39 is 6.04 Å². The molecule has 1 N–H and O–H groups in total. The number of carbonyl (C=O) groups excluding carboxylic acids is 1. The molecule has 0 aliphatic rings. The number of nitrogens with zero attached hydrogens (tertiary/aromatic N) is 1. The van der Waals surface area contributed by atoms with Crippen molar-refractivity contribution in [2.45, 2.75) is 13.0 Å². The normalized spacial score (nSPS) is 11.8. The summed E-state index contributed by atoms with van der Waals surface area (Å²) in [5, 5.41) is 4.00. The monoisotopic (exact) mass is 450 g/mol. The Morgan fingerprint density at radius 1 is 1.03 bits per heavy atom. The quantitative estimate of drug-likeness (QED) is 0.440. The van der Waals surface area contributed by atoms with E-state index in [0.717, 1.165) is 11.3 Å². The summed E-state index contributed by atoms with van der Waals surface area (Å²) in [6.45, 7) is 2.49. The Bertz CT molecular complexity index is 1050. The van der Waals surface area contributed by atoms with Crippen molar-refractivity contribution in [1.82, 2.24) is 0 Å². The third kappa shape index (κ3) is 5.83. The average molecular weight is 451 g/mol. The highest BCUT2D eigenvalue weighted by Crippen LogP contribution is 2.30. The van der Waals surface area contributed by atoms with Gasteiger partial charge in [-0.3, -0.25) is 4.79 Å². The Hall–Kier alpha value is -3.44. The van der Waals surface area contributed by atoms with Gasteiger partial charge in [0.05, 0.1) is 19.9 Å². The summed E-state index contributed by atoms with van der Waals surface area (Å²) in [7, 11) is 3.19. The molecule has 0 aliphatic carbocycles. The molecule has 3 rings (SSSR count). The van der Waals surface area contributed by atoms with Crippen LogP contribution in [0.15, 0.2) is 78.9 Å². The molecule has 0 aromatic heterocycles. The predicted molar refractivity (Wildman–Crippen MR) is 132 cm³/mol. The Labute approximate surface area is 194 Å². The van der Waals surface area contributed by atoms with Gasteiger partial charge in [-0.15, -0.1) is 0 Å². The van der Waals surface area contributed by atoms with Crippen LogP contribution in [0.5, 0.6) is 11.5 Å². The number of hydrogen-bond acceptors (Lipinski definition) is 4. The molecule has 6 heteroatoms. The van der Waals surface area contributed by atoms with Crippen LogP contribution in [0.1, 0.15) is 12.5 Å². The number of anilines is 2. The van der Waals surface area contributed by atoms with Crippen molar-refractivity contribution < 1.29 is 14.3 Å². The second-order valence-corrected chi connectivity index (χ2v) is 7.45. The molecule has 32 heavy (non-hydrogen) atoms. The minimum absolute atomic E-state index is 0.0817. The molecule has 5 nitrogen and oxygen atoms in total. The highest BCUT2D eigenvalue weighted by Gasteiger charge is 2.23. The number of nitrogens with one attached hydrogen (secondary N) is 1. The molecule has 0 bridgehead atoms. The summed E-state index contributed by atoms with van der Waals surface area (Å²) >= 11 is 6.00. The molecule has 0 saturated heterocycles. The standard InChI is InChI=1S/C26H27ClN2O3/c1-4-29(21-8-6-5-7-9-21)26(30)24(16-12-19-10-13-20(27)14-11-19)28-23-17-15-22(31-2)18-25(23)32-3/h5-18,24,28H,4H2,1-3H3/b16-12+/t24-/m0/s1. The number of hydrogen-bond donors (Lipinski definition) is 1. The maximum atomic E-state index is 13.6. The van der Waals surface area contributed by atoms with E-state index in [1.54, 1.807) is 25.2 Å². The van der Waals surface area contributed by atoms with E-state index in [9.17, 15) is 4.79 Å². The van der Waals surface area contributed by atoms with Gasteiger partial charge in [0.15, 0.2) is 0 Å². The lowest BCUT2D eigenvalue weighted by atomic mass is 10.1. The molecular weight excluding hydrogens is 424 g/mol. The van der Waals surface area contributed by atoms with Crippen LogP contribution in [0.3, 0.4) is 0 Å². The zero-order chi connectivity index (χ0) is 22.9. The maximum Gasteiger partial charge on any atom is 0.253 e. The van der Waals surface area contributed by atoms with Crippen LogP contribution < -0.4 is 19.7 Å². The third-order valence-corrected chi connectivity index (χ3v) is 5.24. The highest BCUT2D eigenvalue weighted by molar-refractivity contribution is 6.30. The number of para-hydroxylation sites is 1. The molecule has 3 aromatic rings. The van der Waals surface area contributed by atoms with Gasteiger partial charge in [0.1, 0.15) is 17.5 Å². The van der Waals surface area contributed by atoms with Gasteiger partial charge in [0.25, 0.3) is 5.91 Å². The van der Waals surface area contributed by atoms with E-state index in [4.69, 9.17) is 21.1 Å². The lowest BCUT2D eigenvalue weighted by molar-refractivity contribution is -0.118. The zero-order valence-corrected chi connectivity index (χ0v) is 19.2. The maximum absolute atomic E-state index is 13.6. The number of amides is 1. The van der Waals surface area contributed by atoms with Crippen molar-refractivity contribution in [3.8, 4) is 11.5 Å². The number of rotatable bonds is 9. The van der Waals surface area contributed by atoms with Crippen LogP contribution in [0.4, 0.5) is 11.4 Å². The molecule has 0 unspecified atom stereocenters. The first-order valence-corrected chi connectivity index (χ1v) is 10.7. The summed E-state index contributed by atoms with van der Waals surface area (Å²) in [4.78, 5) is 15.4. The first kappa shape index (κ1) is 23.2. The van der Waals surface area contributed by atoms with E-state index in [-0.39, 0.29) is 5.91 Å². The predicted octanol–water partition coefficient (Wildman–Crippen LogP) is 5.90. The van der Waals surface area contributed by atoms with Gasteiger partial charge in [0.2, 0.25) is 0 Å². The first-order valence-electron chi connectivity index (χ1n) is 10.3. The van der Waals surface area contributed by atoms with Gasteiger partial charge in [-0.1, -0.05) is 54.1 Å². The Kier molecular flexibility index (Phi) is 8.17. The molecule has 1 amide bonds.